The molecule has 2 atom stereocenters. The summed E-state index contributed by atoms with van der Waals surface area (Å²) in [4.78, 5) is 0. The largest absolute Gasteiger partial charge is 0.474 e. The zero-order valence-electron chi connectivity index (χ0n) is 18.4. The average molecular weight is 563 g/mol. The molecule has 4 aromatic rings. The van der Waals surface area contributed by atoms with Gasteiger partial charge in [0, 0.05) is 18.9 Å². The molecule has 166 valence electrons. The summed E-state index contributed by atoms with van der Waals surface area (Å²) >= 11 is 2.37. The molecule has 1 N–H and O–H groups in total. The molecule has 0 fully saturated rings. The summed E-state index contributed by atoms with van der Waals surface area (Å²) in [6.07, 6.45) is 7.27. The van der Waals surface area contributed by atoms with Crippen LogP contribution in [0.25, 0.3) is 34.2 Å². The van der Waals surface area contributed by atoms with E-state index < -0.39 is 0 Å². The van der Waals surface area contributed by atoms with E-state index in [2.05, 4.69) is 76.4 Å². The third kappa shape index (κ3) is 3.71. The van der Waals surface area contributed by atoms with Crippen LogP contribution < -0.4 is 14.2 Å². The minimum atomic E-state index is -0.0270. The van der Waals surface area contributed by atoms with E-state index in [1.807, 2.05) is 29.4 Å². The van der Waals surface area contributed by atoms with E-state index in [9.17, 15) is 0 Å². The number of H-pyrrole nitrogens is 1. The van der Waals surface area contributed by atoms with Crippen molar-refractivity contribution in [2.75, 3.05) is 6.61 Å². The number of rotatable bonds is 1. The summed E-state index contributed by atoms with van der Waals surface area (Å²) in [6, 6.07) is 6.44. The molecule has 0 saturated heterocycles. The van der Waals surface area contributed by atoms with Crippen molar-refractivity contribution in [3.8, 4) is 22.9 Å². The summed E-state index contributed by atoms with van der Waals surface area (Å²) in [5.74, 6) is 1.57. The first-order valence-electron chi connectivity index (χ1n) is 10.4. The number of nitrogens with one attached hydrogen (secondary N) is 1. The van der Waals surface area contributed by atoms with E-state index in [0.717, 1.165) is 57.2 Å². The fraction of sp³-hybridized carbons (Fsp3) is 0.318. The maximum absolute atomic E-state index is 6.33. The Kier molecular flexibility index (Phi) is 5.71. The molecule has 8 nitrogen and oxygen atoms in total. The number of ether oxygens (including phenoxy) is 2. The Bertz CT molecular complexity index is 1340. The van der Waals surface area contributed by atoms with Gasteiger partial charge in [-0.1, -0.05) is 10.7 Å². The maximum atomic E-state index is 6.33. The average Bonchev–Trinajstić information content (AvgIpc) is 3.39. The number of aromatic nitrogens is 6. The number of aromatic amines is 1. The minimum absolute atomic E-state index is 0.0270. The van der Waals surface area contributed by atoms with Gasteiger partial charge in [0.05, 0.1) is 41.6 Å². The summed E-state index contributed by atoms with van der Waals surface area (Å²) in [5, 5.41) is 13.8. The van der Waals surface area contributed by atoms with E-state index in [4.69, 9.17) is 14.6 Å². The number of benzene rings is 1. The van der Waals surface area contributed by atoms with Crippen LogP contribution >= 0.6 is 28.4 Å². The Morgan fingerprint density at radius 2 is 2.16 bits per heavy atom. The molecule has 1 aliphatic rings. The molecule has 0 saturated carbocycles. The standard InChI is InChI=1S/C22H24IN6O2P/c1-13-9-10-30-21-16(14(2)25-28(21)4)6-7-19-17-11-15(5-8-20(17)29(26-19)32-23)18-12-24-27(3)22(18)31-13/h5-8,11-13,32H,9-10H2,1-4H3/p+1/b7-6+. The Morgan fingerprint density at radius 3 is 2.97 bits per heavy atom. The highest BCUT2D eigenvalue weighted by atomic mass is 127. The third-order valence-electron chi connectivity index (χ3n) is 5.74. The van der Waals surface area contributed by atoms with Crippen LogP contribution in [0.3, 0.4) is 0 Å². The van der Waals surface area contributed by atoms with Gasteiger partial charge < -0.3 is 9.47 Å². The molecule has 0 spiro atoms. The minimum Gasteiger partial charge on any atom is -0.474 e. The van der Waals surface area contributed by atoms with Crippen molar-refractivity contribution in [1.82, 2.24) is 24.4 Å². The van der Waals surface area contributed by atoms with E-state index in [1.54, 1.807) is 4.68 Å². The molecule has 0 aliphatic carbocycles. The molecule has 3 aromatic heterocycles. The molecule has 0 radical (unpaired) electrons. The van der Waals surface area contributed by atoms with Gasteiger partial charge in [-0.3, -0.25) is 0 Å². The fourth-order valence-electron chi connectivity index (χ4n) is 4.07. The van der Waals surface area contributed by atoms with Crippen LogP contribution in [0.4, 0.5) is 0 Å². The third-order valence-corrected chi connectivity index (χ3v) is 7.61. The van der Waals surface area contributed by atoms with Gasteiger partial charge in [0.25, 0.3) is 0 Å². The van der Waals surface area contributed by atoms with Gasteiger partial charge in [-0.05, 0) is 65.7 Å². The lowest BCUT2D eigenvalue weighted by atomic mass is 10.1. The molecule has 4 heterocycles. The number of halogens is 1. The van der Waals surface area contributed by atoms with Crippen LogP contribution in [-0.2, 0) is 14.1 Å². The number of hydrogen-bond acceptors (Lipinski definition) is 4. The number of fused-ring (bicyclic) bond motifs is 4. The number of hydrogen-bond donors (Lipinski definition) is 1. The van der Waals surface area contributed by atoms with Gasteiger partial charge in [0.15, 0.2) is 7.05 Å². The highest BCUT2D eigenvalue weighted by molar-refractivity contribution is 14.2. The molecule has 1 aromatic carbocycles. The molecule has 1 aliphatic heterocycles. The lowest BCUT2D eigenvalue weighted by Crippen LogP contribution is -2.32. The SMILES string of the molecule is Cc1[nH][n+](C)c2c1/C=C/c1nn(PI)c3ccc(cc13)-c1cnn(C)c1OC(C)CCO2. The molecule has 0 amide bonds. The lowest BCUT2D eigenvalue weighted by molar-refractivity contribution is -0.731. The van der Waals surface area contributed by atoms with Gasteiger partial charge in [-0.2, -0.15) is 15.3 Å². The van der Waals surface area contributed by atoms with E-state index in [1.165, 1.54) is 0 Å². The van der Waals surface area contributed by atoms with Crippen molar-refractivity contribution in [3.63, 3.8) is 0 Å². The fourth-order valence-corrected chi connectivity index (χ4v) is 5.60. The molecule has 5 rings (SSSR count). The first-order chi connectivity index (χ1) is 15.5. The van der Waals surface area contributed by atoms with Crippen molar-refractivity contribution >= 4 is 51.5 Å². The van der Waals surface area contributed by atoms with Crippen LogP contribution in [0.5, 0.6) is 11.8 Å². The van der Waals surface area contributed by atoms with Crippen LogP contribution in [0, 0.1) is 6.92 Å². The van der Waals surface area contributed by atoms with Crippen LogP contribution in [0.15, 0.2) is 24.4 Å². The summed E-state index contributed by atoms with van der Waals surface area (Å²) < 4.78 is 18.3. The first kappa shape index (κ1) is 21.5. The predicted octanol–water partition coefficient (Wildman–Crippen LogP) is 4.41. The lowest BCUT2D eigenvalue weighted by Gasteiger charge is -2.16. The monoisotopic (exact) mass is 563 g/mol. The molecule has 10 heteroatoms. The summed E-state index contributed by atoms with van der Waals surface area (Å²) in [7, 11) is 3.87. The van der Waals surface area contributed by atoms with Crippen LogP contribution in [0.1, 0.15) is 30.3 Å². The van der Waals surface area contributed by atoms with E-state index in [0.29, 0.717) is 13.0 Å². The molecular formula is C22H25IN6O2P+. The molecule has 2 bridgehead atoms. The van der Waals surface area contributed by atoms with Gasteiger partial charge in [0.1, 0.15) is 11.7 Å². The topological polar surface area (TPSA) is 73.8 Å². The number of aryl methyl sites for hydroxylation is 3. The summed E-state index contributed by atoms with van der Waals surface area (Å²) in [5.41, 5.74) is 6.15. The van der Waals surface area contributed by atoms with Crippen molar-refractivity contribution in [3.05, 3.63) is 41.3 Å². The van der Waals surface area contributed by atoms with Crippen molar-refractivity contribution in [2.45, 2.75) is 26.4 Å². The quantitative estimate of drug-likeness (QED) is 0.212. The zero-order chi connectivity index (χ0) is 22.4. The second-order valence-electron chi connectivity index (χ2n) is 8.01. The zero-order valence-corrected chi connectivity index (χ0v) is 21.5. The first-order valence-corrected chi connectivity index (χ1v) is 14.5. The van der Waals surface area contributed by atoms with Crippen molar-refractivity contribution in [2.24, 2.45) is 14.1 Å². The van der Waals surface area contributed by atoms with Gasteiger partial charge >= 0.3 is 5.88 Å². The van der Waals surface area contributed by atoms with Gasteiger partial charge in [-0.15, -0.1) is 0 Å². The normalized spacial score (nSPS) is 17.6. The van der Waals surface area contributed by atoms with Crippen molar-refractivity contribution < 1.29 is 14.2 Å². The smallest absolute Gasteiger partial charge is 0.400 e. The second kappa shape index (κ2) is 8.51. The Morgan fingerprint density at radius 1 is 1.31 bits per heavy atom. The molecular weight excluding hydrogens is 538 g/mol. The van der Waals surface area contributed by atoms with Crippen molar-refractivity contribution in [1.29, 1.82) is 0 Å². The second-order valence-corrected chi connectivity index (χ2v) is 10.1. The Hall–Kier alpha value is -2.39. The Balaban J connectivity index is 1.72. The number of nitrogens with zero attached hydrogens (tertiary/aromatic N) is 5. The van der Waals surface area contributed by atoms with E-state index in [-0.39, 0.29) is 6.10 Å². The molecule has 32 heavy (non-hydrogen) atoms. The molecule has 2 unspecified atom stereocenters. The highest BCUT2D eigenvalue weighted by Crippen LogP contribution is 2.37. The summed E-state index contributed by atoms with van der Waals surface area (Å²) in [6.45, 7) is 4.66. The van der Waals surface area contributed by atoms with Gasteiger partial charge in [0.2, 0.25) is 5.88 Å². The Labute approximate surface area is 200 Å². The van der Waals surface area contributed by atoms with Gasteiger partial charge in [-0.25, -0.2) is 9.13 Å². The predicted molar refractivity (Wildman–Crippen MR) is 136 cm³/mol. The highest BCUT2D eigenvalue weighted by Gasteiger charge is 2.23. The van der Waals surface area contributed by atoms with Crippen LogP contribution in [0.2, 0.25) is 0 Å². The van der Waals surface area contributed by atoms with Crippen LogP contribution in [-0.4, -0.2) is 37.1 Å². The van der Waals surface area contributed by atoms with E-state index >= 15 is 0 Å². The maximum Gasteiger partial charge on any atom is 0.400 e.